The number of Topliss-reactive ketones (excluding diaryl/α,β-unsaturated/α-hetero) is 1. The van der Waals surface area contributed by atoms with E-state index in [1.165, 1.54) is 6.42 Å². The Kier molecular flexibility index (Phi) is 15.6. The summed E-state index contributed by atoms with van der Waals surface area (Å²) in [6, 6.07) is 0. The molecule has 1 rings (SSSR count). The van der Waals surface area contributed by atoms with Crippen LogP contribution in [0.1, 0.15) is 32.1 Å². The molecule has 3 nitrogen and oxygen atoms in total. The Morgan fingerprint density at radius 1 is 0.900 bits per heavy atom. The second-order valence-electron chi connectivity index (χ2n) is 2.10. The fourth-order valence-electron chi connectivity index (χ4n) is 0.946. The molecule has 0 bridgehead atoms. The normalized spacial score (nSPS) is 15.8. The van der Waals surface area contributed by atoms with Gasteiger partial charge in [-0.3, -0.25) is 4.79 Å². The molecule has 4 heteroatoms. The zero-order chi connectivity index (χ0) is 5.11. The SMILES string of the molecule is O=C1CCCCC1.[O-2].[O-2].[Ti+4]. The van der Waals surface area contributed by atoms with Crippen molar-refractivity contribution in [3.8, 4) is 0 Å². The van der Waals surface area contributed by atoms with Crippen molar-refractivity contribution in [2.45, 2.75) is 32.1 Å². The molecule has 0 aromatic heterocycles. The second kappa shape index (κ2) is 9.30. The Morgan fingerprint density at radius 3 is 1.50 bits per heavy atom. The third-order valence-corrected chi connectivity index (χ3v) is 1.41. The molecule has 56 valence electrons. The van der Waals surface area contributed by atoms with Gasteiger partial charge in [0, 0.05) is 12.8 Å². The average Bonchev–Trinajstić information content (AvgIpc) is 1.69. The first-order valence-electron chi connectivity index (χ1n) is 2.91. The summed E-state index contributed by atoms with van der Waals surface area (Å²) in [4.78, 5) is 10.5. The van der Waals surface area contributed by atoms with E-state index in [1.807, 2.05) is 0 Å². The summed E-state index contributed by atoms with van der Waals surface area (Å²) in [6.07, 6.45) is 5.24. The Labute approximate surface area is 75.7 Å². The van der Waals surface area contributed by atoms with Gasteiger partial charge in [-0.15, -0.1) is 0 Å². The molecule has 0 unspecified atom stereocenters. The minimum atomic E-state index is 0. The van der Waals surface area contributed by atoms with Crippen molar-refractivity contribution in [1.29, 1.82) is 0 Å². The first-order chi connectivity index (χ1) is 3.39. The van der Waals surface area contributed by atoms with Crippen LogP contribution in [-0.4, -0.2) is 5.78 Å². The largest absolute Gasteiger partial charge is 4.00 e. The summed E-state index contributed by atoms with van der Waals surface area (Å²) in [5.41, 5.74) is 0. The van der Waals surface area contributed by atoms with Gasteiger partial charge in [0.1, 0.15) is 5.78 Å². The van der Waals surface area contributed by atoms with Crippen LogP contribution < -0.4 is 0 Å². The van der Waals surface area contributed by atoms with Gasteiger partial charge < -0.3 is 11.0 Å². The molecule has 0 spiro atoms. The van der Waals surface area contributed by atoms with E-state index < -0.39 is 0 Å². The van der Waals surface area contributed by atoms with Gasteiger partial charge in [0.25, 0.3) is 0 Å². The van der Waals surface area contributed by atoms with Crippen molar-refractivity contribution < 1.29 is 37.5 Å². The number of carbonyl (C=O) groups excluding carboxylic acids is 1. The maximum atomic E-state index is 10.5. The number of rotatable bonds is 0. The summed E-state index contributed by atoms with van der Waals surface area (Å²) >= 11 is 0. The molecular formula is C6H10O3Ti. The molecule has 10 heavy (non-hydrogen) atoms. The topological polar surface area (TPSA) is 74.1 Å². The Morgan fingerprint density at radius 2 is 1.30 bits per heavy atom. The molecule has 0 radical (unpaired) electrons. The third kappa shape index (κ3) is 6.42. The van der Waals surface area contributed by atoms with Crippen LogP contribution in [0.25, 0.3) is 0 Å². The van der Waals surface area contributed by atoms with E-state index in [4.69, 9.17) is 0 Å². The summed E-state index contributed by atoms with van der Waals surface area (Å²) in [7, 11) is 0. The van der Waals surface area contributed by atoms with Crippen LogP contribution in [0.15, 0.2) is 0 Å². The molecule has 0 heterocycles. The maximum absolute atomic E-state index is 10.5. The van der Waals surface area contributed by atoms with Crippen molar-refractivity contribution in [2.24, 2.45) is 0 Å². The van der Waals surface area contributed by atoms with Crippen LogP contribution in [0.4, 0.5) is 0 Å². The van der Waals surface area contributed by atoms with Crippen molar-refractivity contribution >= 4 is 5.78 Å². The zero-order valence-corrected chi connectivity index (χ0v) is 7.32. The van der Waals surface area contributed by atoms with Gasteiger partial charge in [0.2, 0.25) is 0 Å². The molecule has 1 aliphatic carbocycles. The van der Waals surface area contributed by atoms with Gasteiger partial charge in [-0.25, -0.2) is 0 Å². The van der Waals surface area contributed by atoms with Crippen LogP contribution in [0.3, 0.4) is 0 Å². The predicted octanol–water partition coefficient (Wildman–Crippen LogP) is 1.28. The van der Waals surface area contributed by atoms with Gasteiger partial charge in [-0.1, -0.05) is 6.42 Å². The predicted molar refractivity (Wildman–Crippen MR) is 29.5 cm³/mol. The van der Waals surface area contributed by atoms with Gasteiger partial charge in [0.05, 0.1) is 0 Å². The molecule has 0 N–H and O–H groups in total. The van der Waals surface area contributed by atoms with Crippen molar-refractivity contribution in [3.63, 3.8) is 0 Å². The van der Waals surface area contributed by atoms with Gasteiger partial charge in [0.15, 0.2) is 0 Å². The van der Waals surface area contributed by atoms with Crippen LogP contribution in [0.5, 0.6) is 0 Å². The first-order valence-corrected chi connectivity index (χ1v) is 2.91. The Bertz CT molecular complexity index is 77.1. The third-order valence-electron chi connectivity index (χ3n) is 1.41. The molecule has 0 atom stereocenters. The van der Waals surface area contributed by atoms with Crippen molar-refractivity contribution in [2.75, 3.05) is 0 Å². The van der Waals surface area contributed by atoms with E-state index in [2.05, 4.69) is 0 Å². The zero-order valence-electron chi connectivity index (χ0n) is 5.76. The summed E-state index contributed by atoms with van der Waals surface area (Å²) in [5, 5.41) is 0. The van der Waals surface area contributed by atoms with E-state index in [1.54, 1.807) is 0 Å². The van der Waals surface area contributed by atoms with Crippen LogP contribution in [0.2, 0.25) is 0 Å². The van der Waals surface area contributed by atoms with Crippen LogP contribution >= 0.6 is 0 Å². The van der Waals surface area contributed by atoms with Crippen molar-refractivity contribution in [3.05, 3.63) is 0 Å². The average molecular weight is 178 g/mol. The number of hydrogen-bond acceptors (Lipinski definition) is 1. The minimum absolute atomic E-state index is 0. The molecule has 1 aliphatic rings. The standard InChI is InChI=1S/C6H10O.2O.Ti/c7-6-4-2-1-3-5-6;;;/h1-5H2;;;/q;2*-2;+4. The monoisotopic (exact) mass is 178 g/mol. The fourth-order valence-corrected chi connectivity index (χ4v) is 0.946. The molecule has 0 amide bonds. The van der Waals surface area contributed by atoms with E-state index in [-0.39, 0.29) is 32.7 Å². The van der Waals surface area contributed by atoms with E-state index in [9.17, 15) is 4.79 Å². The molecule has 0 aliphatic heterocycles. The van der Waals surface area contributed by atoms with Gasteiger partial charge in [-0.05, 0) is 12.8 Å². The number of hydrogen-bond donors (Lipinski definition) is 0. The van der Waals surface area contributed by atoms with Gasteiger partial charge in [-0.2, -0.15) is 0 Å². The molecule has 0 saturated heterocycles. The molecule has 1 saturated carbocycles. The summed E-state index contributed by atoms with van der Waals surface area (Å²) in [5.74, 6) is 0.464. The molecule has 0 aromatic carbocycles. The smallest absolute Gasteiger partial charge is 2.00 e. The van der Waals surface area contributed by atoms with Crippen LogP contribution in [-0.2, 0) is 37.5 Å². The van der Waals surface area contributed by atoms with E-state index in [0.717, 1.165) is 25.7 Å². The minimum Gasteiger partial charge on any atom is -2.00 e. The number of ketones is 1. The van der Waals surface area contributed by atoms with E-state index >= 15 is 0 Å². The van der Waals surface area contributed by atoms with Gasteiger partial charge >= 0.3 is 21.7 Å². The number of carbonyl (C=O) groups is 1. The summed E-state index contributed by atoms with van der Waals surface area (Å²) < 4.78 is 0. The Hall–Kier alpha value is 0.304. The second-order valence-corrected chi connectivity index (χ2v) is 2.10. The maximum Gasteiger partial charge on any atom is 4.00 e. The first kappa shape index (κ1) is 16.7. The molecule has 1 fully saturated rings. The quantitative estimate of drug-likeness (QED) is 0.514. The molecular weight excluding hydrogens is 168 g/mol. The summed E-state index contributed by atoms with van der Waals surface area (Å²) in [6.45, 7) is 0. The molecule has 0 aromatic rings. The Balaban J connectivity index is -0.000000163. The van der Waals surface area contributed by atoms with E-state index in [0.29, 0.717) is 5.78 Å². The van der Waals surface area contributed by atoms with Crippen LogP contribution in [0, 0.1) is 0 Å². The van der Waals surface area contributed by atoms with Crippen molar-refractivity contribution in [1.82, 2.24) is 0 Å². The fraction of sp³-hybridized carbons (Fsp3) is 0.833.